The fraction of sp³-hybridized carbons (Fsp3) is 0.571. The lowest BCUT2D eigenvalue weighted by Gasteiger charge is -2.41. The third kappa shape index (κ3) is 2.51. The van der Waals surface area contributed by atoms with Gasteiger partial charge in [-0.25, -0.2) is 0 Å². The van der Waals surface area contributed by atoms with Gasteiger partial charge in [0.05, 0.1) is 8.80 Å². The van der Waals surface area contributed by atoms with E-state index in [0.717, 1.165) is 0 Å². The van der Waals surface area contributed by atoms with Crippen LogP contribution in [0.2, 0.25) is 51.4 Å². The number of hydrogen-bond donors (Lipinski definition) is 0. The number of nitrogens with zero attached hydrogens (tertiary/aromatic N) is 1. The molecule has 1 aliphatic rings. The van der Waals surface area contributed by atoms with Crippen LogP contribution in [0.25, 0.3) is 0 Å². The summed E-state index contributed by atoms with van der Waals surface area (Å²) >= 11 is 0. The molecule has 1 heterocycles. The maximum absolute atomic E-state index is 2.89. The molecular weight excluding hydrogens is 266 g/mol. The molecule has 100 valence electrons. The van der Waals surface area contributed by atoms with Crippen LogP contribution in [-0.2, 0) is 0 Å². The van der Waals surface area contributed by atoms with Gasteiger partial charge in [-0.05, 0) is 24.2 Å². The Labute approximate surface area is 116 Å². The maximum Gasteiger partial charge on any atom is 0.141 e. The molecule has 4 heteroatoms. The monoisotopic (exact) mass is 293 g/mol. The van der Waals surface area contributed by atoms with Crippen LogP contribution < -0.4 is 9.42 Å². The number of anilines is 1. The largest absolute Gasteiger partial charge is 0.424 e. The summed E-state index contributed by atoms with van der Waals surface area (Å²) in [4.78, 5) is 0. The number of benzene rings is 1. The van der Waals surface area contributed by atoms with E-state index in [2.05, 4.69) is 67.8 Å². The molecule has 0 aromatic heterocycles. The Hall–Kier alpha value is -0.329. The highest BCUT2D eigenvalue weighted by Crippen LogP contribution is 2.40. The van der Waals surface area contributed by atoms with Crippen LogP contribution in [0.3, 0.4) is 0 Å². The third-order valence-electron chi connectivity index (χ3n) is 4.38. The van der Waals surface area contributed by atoms with Gasteiger partial charge in [-0.1, -0.05) is 56.6 Å². The van der Waals surface area contributed by atoms with Gasteiger partial charge in [0.1, 0.15) is 16.5 Å². The van der Waals surface area contributed by atoms with Crippen molar-refractivity contribution in [2.75, 3.05) is 4.23 Å². The van der Waals surface area contributed by atoms with Crippen molar-refractivity contribution in [1.82, 2.24) is 0 Å². The molecule has 0 aliphatic carbocycles. The zero-order valence-electron chi connectivity index (χ0n) is 12.7. The minimum absolute atomic E-state index is 0.645. The fourth-order valence-corrected chi connectivity index (χ4v) is 18.6. The Morgan fingerprint density at radius 2 is 1.33 bits per heavy atom. The van der Waals surface area contributed by atoms with E-state index in [1.807, 2.05) is 0 Å². The molecule has 1 aliphatic heterocycles. The van der Waals surface area contributed by atoms with Gasteiger partial charge < -0.3 is 4.23 Å². The topological polar surface area (TPSA) is 3.24 Å². The van der Waals surface area contributed by atoms with E-state index in [1.165, 1.54) is 17.8 Å². The Bertz CT molecular complexity index is 407. The summed E-state index contributed by atoms with van der Waals surface area (Å²) in [7, 11) is -3.01. The first-order valence-corrected chi connectivity index (χ1v) is 16.3. The van der Waals surface area contributed by atoms with Crippen LogP contribution >= 0.6 is 0 Å². The van der Waals surface area contributed by atoms with E-state index in [9.17, 15) is 0 Å². The van der Waals surface area contributed by atoms with E-state index < -0.39 is 25.3 Å². The van der Waals surface area contributed by atoms with E-state index in [4.69, 9.17) is 0 Å². The molecule has 1 saturated heterocycles. The summed E-state index contributed by atoms with van der Waals surface area (Å²) < 4.78 is 2.89. The summed E-state index contributed by atoms with van der Waals surface area (Å²) in [5.74, 6) is 0. The Morgan fingerprint density at radius 1 is 0.889 bits per heavy atom. The Morgan fingerprint density at radius 3 is 1.72 bits per heavy atom. The zero-order chi connectivity index (χ0) is 13.6. The molecule has 0 saturated carbocycles. The summed E-state index contributed by atoms with van der Waals surface area (Å²) in [5.41, 5.74) is 1.51. The van der Waals surface area contributed by atoms with Gasteiger partial charge in [-0.15, -0.1) is 0 Å². The predicted octanol–water partition coefficient (Wildman–Crippen LogP) is 3.61. The van der Waals surface area contributed by atoms with E-state index in [1.54, 1.807) is 5.19 Å². The van der Waals surface area contributed by atoms with Crippen LogP contribution in [0.15, 0.2) is 24.3 Å². The van der Waals surface area contributed by atoms with Gasteiger partial charge in [0.2, 0.25) is 0 Å². The molecule has 1 fully saturated rings. The molecule has 1 nitrogen and oxygen atoms in total. The second kappa shape index (κ2) is 4.65. The average molecular weight is 294 g/mol. The highest BCUT2D eigenvalue weighted by atomic mass is 28.4. The van der Waals surface area contributed by atoms with Crippen LogP contribution in [0.1, 0.15) is 0 Å². The van der Waals surface area contributed by atoms with Crippen molar-refractivity contribution in [2.24, 2.45) is 0 Å². The van der Waals surface area contributed by atoms with Crippen LogP contribution in [-0.4, -0.2) is 25.3 Å². The standard InChI is InChI=1S/C14H27NSi3/c1-16(2)14-9-7-13(8-10-14)15-17(3,4)11-12-18(15,5)6/h7-10,16H,11-12H2,1-6H3. The second-order valence-corrected chi connectivity index (χ2v) is 19.8. The van der Waals surface area contributed by atoms with Crippen molar-refractivity contribution in [2.45, 2.75) is 51.4 Å². The smallest absolute Gasteiger partial charge is 0.141 e. The van der Waals surface area contributed by atoms with Crippen LogP contribution in [0, 0.1) is 0 Å². The molecule has 2 rings (SSSR count). The lowest BCUT2D eigenvalue weighted by Crippen LogP contribution is -2.55. The van der Waals surface area contributed by atoms with Gasteiger partial charge in [0, 0.05) is 5.69 Å². The molecule has 0 spiro atoms. The first kappa shape index (κ1) is 14.1. The van der Waals surface area contributed by atoms with E-state index in [0.29, 0.717) is 0 Å². The maximum atomic E-state index is 2.89. The van der Waals surface area contributed by atoms with Crippen molar-refractivity contribution < 1.29 is 0 Å². The van der Waals surface area contributed by atoms with Crippen molar-refractivity contribution in [3.05, 3.63) is 24.3 Å². The lowest BCUT2D eigenvalue weighted by molar-refractivity contribution is 1.35. The highest BCUT2D eigenvalue weighted by Gasteiger charge is 2.47. The minimum atomic E-state index is -1.18. The summed E-state index contributed by atoms with van der Waals surface area (Å²) in [5, 5.41) is 1.59. The quantitative estimate of drug-likeness (QED) is 0.753. The molecule has 0 unspecified atom stereocenters. The molecule has 1 aromatic carbocycles. The predicted molar refractivity (Wildman–Crippen MR) is 92.0 cm³/mol. The van der Waals surface area contributed by atoms with Gasteiger partial charge >= 0.3 is 0 Å². The second-order valence-electron chi connectivity index (χ2n) is 7.21. The Balaban J connectivity index is 2.35. The Kier molecular flexibility index (Phi) is 3.64. The number of rotatable bonds is 2. The van der Waals surface area contributed by atoms with Gasteiger partial charge in [-0.2, -0.15) is 0 Å². The fourth-order valence-electron chi connectivity index (χ4n) is 3.36. The molecule has 0 amide bonds. The summed E-state index contributed by atoms with van der Waals surface area (Å²) in [6.07, 6.45) is 0. The van der Waals surface area contributed by atoms with Crippen molar-refractivity contribution in [1.29, 1.82) is 0 Å². The molecule has 1 aromatic rings. The van der Waals surface area contributed by atoms with Crippen LogP contribution in [0.4, 0.5) is 5.69 Å². The summed E-state index contributed by atoms with van der Waals surface area (Å²) in [6, 6.07) is 12.5. The van der Waals surface area contributed by atoms with Crippen molar-refractivity contribution in [3.63, 3.8) is 0 Å². The molecular formula is C14H27NSi3. The van der Waals surface area contributed by atoms with Crippen molar-refractivity contribution >= 4 is 36.1 Å². The first-order valence-electron chi connectivity index (χ1n) is 7.14. The highest BCUT2D eigenvalue weighted by molar-refractivity contribution is 7.04. The van der Waals surface area contributed by atoms with Gasteiger partial charge in [0.25, 0.3) is 0 Å². The molecule has 0 bridgehead atoms. The zero-order valence-corrected chi connectivity index (χ0v) is 15.9. The van der Waals surface area contributed by atoms with Gasteiger partial charge in [0.15, 0.2) is 0 Å². The van der Waals surface area contributed by atoms with Crippen molar-refractivity contribution in [3.8, 4) is 0 Å². The van der Waals surface area contributed by atoms with E-state index in [-0.39, 0.29) is 0 Å². The number of hydrogen-bond acceptors (Lipinski definition) is 1. The first-order chi connectivity index (χ1) is 8.24. The normalized spacial score (nSPS) is 21.6. The average Bonchev–Trinajstić information content (AvgIpc) is 2.48. The SMILES string of the molecule is C[SiH](C)c1ccc(N2[Si](C)(C)CC[Si]2(C)C)cc1. The van der Waals surface area contributed by atoms with E-state index >= 15 is 0 Å². The van der Waals surface area contributed by atoms with Crippen LogP contribution in [0.5, 0.6) is 0 Å². The van der Waals surface area contributed by atoms with Gasteiger partial charge in [-0.3, -0.25) is 0 Å². The molecule has 0 atom stereocenters. The molecule has 0 N–H and O–H groups in total. The molecule has 0 radical (unpaired) electrons. The summed E-state index contributed by atoms with van der Waals surface area (Å²) in [6.45, 7) is 15.0. The third-order valence-corrected chi connectivity index (χ3v) is 16.1. The minimum Gasteiger partial charge on any atom is -0.424 e. The lowest BCUT2D eigenvalue weighted by atomic mass is 10.3. The molecule has 18 heavy (non-hydrogen) atoms.